The number of ether oxygens (including phenoxy) is 1. The number of nitrogens with zero attached hydrogens (tertiary/aromatic N) is 2. The van der Waals surface area contributed by atoms with Gasteiger partial charge in [-0.25, -0.2) is 0 Å². The SMILES string of the molecule is COc1ccc(Br)cc1/C=C/C(=O)N1CCCN(C(C)=O)CC1. The molecule has 0 atom stereocenters. The third-order valence-electron chi connectivity index (χ3n) is 3.85. The van der Waals surface area contributed by atoms with E-state index in [1.165, 1.54) is 0 Å². The van der Waals surface area contributed by atoms with Crippen molar-refractivity contribution in [2.24, 2.45) is 0 Å². The third-order valence-corrected chi connectivity index (χ3v) is 4.34. The van der Waals surface area contributed by atoms with Gasteiger partial charge in [0.05, 0.1) is 7.11 Å². The molecule has 23 heavy (non-hydrogen) atoms. The number of hydrogen-bond donors (Lipinski definition) is 0. The number of amides is 2. The monoisotopic (exact) mass is 380 g/mol. The maximum Gasteiger partial charge on any atom is 0.246 e. The molecule has 0 N–H and O–H groups in total. The van der Waals surface area contributed by atoms with Crippen molar-refractivity contribution in [2.75, 3.05) is 33.3 Å². The Balaban J connectivity index is 2.04. The molecule has 1 aromatic carbocycles. The average molecular weight is 381 g/mol. The summed E-state index contributed by atoms with van der Waals surface area (Å²) in [5.41, 5.74) is 0.843. The van der Waals surface area contributed by atoms with E-state index in [-0.39, 0.29) is 11.8 Å². The van der Waals surface area contributed by atoms with Gasteiger partial charge < -0.3 is 14.5 Å². The van der Waals surface area contributed by atoms with E-state index in [2.05, 4.69) is 15.9 Å². The Morgan fingerprint density at radius 1 is 1.17 bits per heavy atom. The first-order valence-corrected chi connectivity index (χ1v) is 8.36. The Morgan fingerprint density at radius 3 is 2.57 bits per heavy atom. The second-order valence-electron chi connectivity index (χ2n) is 5.40. The summed E-state index contributed by atoms with van der Waals surface area (Å²) in [5, 5.41) is 0. The first kappa shape index (κ1) is 17.5. The zero-order chi connectivity index (χ0) is 16.8. The van der Waals surface area contributed by atoms with E-state index in [9.17, 15) is 9.59 Å². The summed E-state index contributed by atoms with van der Waals surface area (Å²) in [6.45, 7) is 4.11. The van der Waals surface area contributed by atoms with Gasteiger partial charge in [0.1, 0.15) is 5.75 Å². The highest BCUT2D eigenvalue weighted by Gasteiger charge is 2.18. The molecule has 0 aliphatic carbocycles. The molecule has 0 saturated carbocycles. The molecule has 2 rings (SSSR count). The minimum absolute atomic E-state index is 0.0440. The molecule has 1 aliphatic rings. The molecule has 1 saturated heterocycles. The normalized spacial score (nSPS) is 15.6. The molecule has 1 aromatic rings. The first-order valence-electron chi connectivity index (χ1n) is 7.57. The van der Waals surface area contributed by atoms with Crippen molar-refractivity contribution in [3.8, 4) is 5.75 Å². The minimum atomic E-state index is -0.0440. The lowest BCUT2D eigenvalue weighted by Crippen LogP contribution is -2.35. The fraction of sp³-hybridized carbons (Fsp3) is 0.412. The van der Waals surface area contributed by atoms with Crippen molar-refractivity contribution in [3.05, 3.63) is 34.3 Å². The minimum Gasteiger partial charge on any atom is -0.496 e. The largest absolute Gasteiger partial charge is 0.496 e. The van der Waals surface area contributed by atoms with Crippen LogP contribution in [-0.2, 0) is 9.59 Å². The van der Waals surface area contributed by atoms with Crippen LogP contribution in [0.25, 0.3) is 6.08 Å². The Morgan fingerprint density at radius 2 is 1.87 bits per heavy atom. The van der Waals surface area contributed by atoms with E-state index < -0.39 is 0 Å². The van der Waals surface area contributed by atoms with Gasteiger partial charge >= 0.3 is 0 Å². The number of rotatable bonds is 3. The molecule has 0 radical (unpaired) electrons. The van der Waals surface area contributed by atoms with Gasteiger partial charge in [-0.1, -0.05) is 15.9 Å². The van der Waals surface area contributed by atoms with Gasteiger partial charge in [0.15, 0.2) is 0 Å². The molecule has 1 heterocycles. The van der Waals surface area contributed by atoms with Gasteiger partial charge in [-0.3, -0.25) is 9.59 Å². The quantitative estimate of drug-likeness (QED) is 0.757. The van der Waals surface area contributed by atoms with Crippen molar-refractivity contribution in [2.45, 2.75) is 13.3 Å². The molecule has 1 fully saturated rings. The lowest BCUT2D eigenvalue weighted by atomic mass is 10.2. The molecule has 0 spiro atoms. The highest BCUT2D eigenvalue weighted by Crippen LogP contribution is 2.24. The first-order chi connectivity index (χ1) is 11.0. The molecular weight excluding hydrogens is 360 g/mol. The summed E-state index contributed by atoms with van der Waals surface area (Å²) in [6, 6.07) is 5.65. The second-order valence-corrected chi connectivity index (χ2v) is 6.32. The van der Waals surface area contributed by atoms with Crippen LogP contribution >= 0.6 is 15.9 Å². The van der Waals surface area contributed by atoms with Gasteiger partial charge in [-0.15, -0.1) is 0 Å². The fourth-order valence-electron chi connectivity index (χ4n) is 2.55. The zero-order valence-corrected chi connectivity index (χ0v) is 15.0. The molecule has 6 heteroatoms. The number of carbonyl (C=O) groups excluding carboxylic acids is 2. The number of hydrogen-bond acceptors (Lipinski definition) is 3. The van der Waals surface area contributed by atoms with Gasteiger partial charge in [0.2, 0.25) is 11.8 Å². The summed E-state index contributed by atoms with van der Waals surface area (Å²) >= 11 is 3.42. The van der Waals surface area contributed by atoms with E-state index >= 15 is 0 Å². The third kappa shape index (κ3) is 4.82. The second kappa shape index (κ2) is 8.15. The van der Waals surface area contributed by atoms with E-state index in [1.807, 2.05) is 18.2 Å². The van der Waals surface area contributed by atoms with Crippen molar-refractivity contribution >= 4 is 33.8 Å². The van der Waals surface area contributed by atoms with Gasteiger partial charge in [0.25, 0.3) is 0 Å². The van der Waals surface area contributed by atoms with Crippen LogP contribution in [0.1, 0.15) is 18.9 Å². The Kier molecular flexibility index (Phi) is 6.21. The molecule has 5 nitrogen and oxygen atoms in total. The van der Waals surface area contributed by atoms with Crippen molar-refractivity contribution in [3.63, 3.8) is 0 Å². The van der Waals surface area contributed by atoms with Crippen LogP contribution < -0.4 is 4.74 Å². The van der Waals surface area contributed by atoms with E-state index in [0.29, 0.717) is 26.2 Å². The number of halogens is 1. The van der Waals surface area contributed by atoms with Crippen molar-refractivity contribution < 1.29 is 14.3 Å². The predicted molar refractivity (Wildman–Crippen MR) is 93.2 cm³/mol. The number of benzene rings is 1. The van der Waals surface area contributed by atoms with Gasteiger partial charge in [-0.05, 0) is 30.7 Å². The van der Waals surface area contributed by atoms with E-state index in [4.69, 9.17) is 4.74 Å². The number of carbonyl (C=O) groups is 2. The number of methoxy groups -OCH3 is 1. The van der Waals surface area contributed by atoms with Crippen LogP contribution in [0, 0.1) is 0 Å². The Bertz CT molecular complexity index is 616. The van der Waals surface area contributed by atoms with Crippen LogP contribution in [0.3, 0.4) is 0 Å². The lowest BCUT2D eigenvalue weighted by Gasteiger charge is -2.20. The van der Waals surface area contributed by atoms with Crippen LogP contribution in [0.5, 0.6) is 5.75 Å². The van der Waals surface area contributed by atoms with Crippen molar-refractivity contribution in [1.82, 2.24) is 9.80 Å². The zero-order valence-electron chi connectivity index (χ0n) is 13.4. The van der Waals surface area contributed by atoms with Gasteiger partial charge in [0, 0.05) is 49.2 Å². The predicted octanol–water partition coefficient (Wildman–Crippen LogP) is 2.55. The summed E-state index contributed by atoms with van der Waals surface area (Å²) in [7, 11) is 1.60. The van der Waals surface area contributed by atoms with Crippen LogP contribution in [-0.4, -0.2) is 54.9 Å². The van der Waals surface area contributed by atoms with Crippen molar-refractivity contribution in [1.29, 1.82) is 0 Å². The smallest absolute Gasteiger partial charge is 0.246 e. The topological polar surface area (TPSA) is 49.9 Å². The lowest BCUT2D eigenvalue weighted by molar-refractivity contribution is -0.130. The standard InChI is InChI=1S/C17H21BrN2O3/c1-13(21)19-8-3-9-20(11-10-19)17(22)7-4-14-12-15(18)5-6-16(14)23-2/h4-7,12H,3,8-11H2,1-2H3/b7-4+. The molecule has 1 aliphatic heterocycles. The van der Waals surface area contributed by atoms with Crippen LogP contribution in [0.15, 0.2) is 28.7 Å². The Hall–Kier alpha value is -1.82. The summed E-state index contributed by atoms with van der Waals surface area (Å²) in [5.74, 6) is 0.738. The molecular formula is C17H21BrN2O3. The molecule has 124 valence electrons. The fourth-order valence-corrected chi connectivity index (χ4v) is 2.93. The van der Waals surface area contributed by atoms with E-state index in [0.717, 1.165) is 22.2 Å². The van der Waals surface area contributed by atoms with Crippen LogP contribution in [0.4, 0.5) is 0 Å². The molecule has 2 amide bonds. The maximum atomic E-state index is 12.4. The van der Waals surface area contributed by atoms with Crippen LogP contribution in [0.2, 0.25) is 0 Å². The molecule has 0 bridgehead atoms. The summed E-state index contributed by atoms with van der Waals surface area (Å²) in [6.07, 6.45) is 4.13. The molecule has 0 aromatic heterocycles. The van der Waals surface area contributed by atoms with E-state index in [1.54, 1.807) is 36.0 Å². The maximum absolute atomic E-state index is 12.4. The molecule has 0 unspecified atom stereocenters. The summed E-state index contributed by atoms with van der Waals surface area (Å²) < 4.78 is 6.23. The average Bonchev–Trinajstić information content (AvgIpc) is 2.79. The highest BCUT2D eigenvalue weighted by molar-refractivity contribution is 9.10. The highest BCUT2D eigenvalue weighted by atomic mass is 79.9. The van der Waals surface area contributed by atoms with Gasteiger partial charge in [-0.2, -0.15) is 0 Å². The summed E-state index contributed by atoms with van der Waals surface area (Å²) in [4.78, 5) is 27.4. The Labute approximate surface area is 145 Å².